The highest BCUT2D eigenvalue weighted by atomic mass is 35.5. The molecular formula is C12H13ClN4. The molecule has 1 aromatic heterocycles. The Balaban J connectivity index is 2.06. The van der Waals surface area contributed by atoms with E-state index >= 15 is 0 Å². The van der Waals surface area contributed by atoms with E-state index in [9.17, 15) is 0 Å². The maximum Gasteiger partial charge on any atom is 0.101 e. The van der Waals surface area contributed by atoms with Gasteiger partial charge in [-0.05, 0) is 24.1 Å². The summed E-state index contributed by atoms with van der Waals surface area (Å²) in [5.74, 6) is 1.05. The molecule has 0 aliphatic carbocycles. The lowest BCUT2D eigenvalue weighted by molar-refractivity contribution is 0.953. The minimum Gasteiger partial charge on any atom is -0.372 e. The molecule has 2 heterocycles. The minimum atomic E-state index is 0.719. The summed E-state index contributed by atoms with van der Waals surface area (Å²) in [7, 11) is 0. The van der Waals surface area contributed by atoms with E-state index in [-0.39, 0.29) is 0 Å². The summed E-state index contributed by atoms with van der Waals surface area (Å²) in [5.41, 5.74) is 3.33. The predicted molar refractivity (Wildman–Crippen MR) is 69.8 cm³/mol. The summed E-state index contributed by atoms with van der Waals surface area (Å²) in [6, 6.07) is 2.00. The van der Waals surface area contributed by atoms with Crippen molar-refractivity contribution in [3.8, 4) is 0 Å². The fraction of sp³-hybridized carbons (Fsp3) is 0.333. The Labute approximate surface area is 104 Å². The molecule has 0 spiro atoms. The second-order valence-electron chi connectivity index (χ2n) is 4.23. The quantitative estimate of drug-likeness (QED) is 0.855. The van der Waals surface area contributed by atoms with Crippen LogP contribution in [0.25, 0.3) is 10.9 Å². The number of H-pyrrole nitrogens is 1. The molecule has 0 atom stereocenters. The van der Waals surface area contributed by atoms with Gasteiger partial charge >= 0.3 is 0 Å². The van der Waals surface area contributed by atoms with Gasteiger partial charge in [-0.15, -0.1) is 0 Å². The number of nitrogens with zero attached hydrogens (tertiary/aromatic N) is 2. The zero-order valence-electron chi connectivity index (χ0n) is 9.55. The Kier molecular flexibility index (Phi) is 2.52. The molecule has 5 heteroatoms. The first-order chi connectivity index (χ1) is 8.25. The van der Waals surface area contributed by atoms with E-state index in [1.54, 1.807) is 0 Å². The lowest BCUT2D eigenvalue weighted by atomic mass is 10.0. The lowest BCUT2D eigenvalue weighted by Gasteiger charge is -2.08. The highest BCUT2D eigenvalue weighted by Crippen LogP contribution is 2.27. The van der Waals surface area contributed by atoms with Gasteiger partial charge in [-0.3, -0.25) is 10.1 Å². The number of rotatable bonds is 2. The van der Waals surface area contributed by atoms with Gasteiger partial charge in [-0.1, -0.05) is 11.6 Å². The molecule has 2 N–H and O–H groups in total. The van der Waals surface area contributed by atoms with Crippen molar-refractivity contribution in [3.63, 3.8) is 0 Å². The van der Waals surface area contributed by atoms with Crippen molar-refractivity contribution in [2.45, 2.75) is 13.3 Å². The number of aromatic amines is 1. The van der Waals surface area contributed by atoms with Crippen LogP contribution in [0.4, 0.5) is 0 Å². The van der Waals surface area contributed by atoms with E-state index < -0.39 is 0 Å². The molecule has 0 radical (unpaired) electrons. The van der Waals surface area contributed by atoms with Gasteiger partial charge in [-0.2, -0.15) is 5.10 Å². The van der Waals surface area contributed by atoms with Crippen LogP contribution in [0.3, 0.4) is 0 Å². The van der Waals surface area contributed by atoms with Crippen LogP contribution in [0.1, 0.15) is 11.1 Å². The summed E-state index contributed by atoms with van der Waals surface area (Å²) >= 11 is 6.23. The SMILES string of the molecule is Cc1c(CC2=NCCN2)cc(Cl)c2[nH]ncc12. The zero-order chi connectivity index (χ0) is 11.8. The summed E-state index contributed by atoms with van der Waals surface area (Å²) in [6.07, 6.45) is 2.64. The van der Waals surface area contributed by atoms with Gasteiger partial charge in [0.1, 0.15) is 5.84 Å². The van der Waals surface area contributed by atoms with Gasteiger partial charge in [0, 0.05) is 18.4 Å². The molecule has 0 unspecified atom stereocenters. The number of hydrogen-bond donors (Lipinski definition) is 2. The van der Waals surface area contributed by atoms with Gasteiger partial charge < -0.3 is 5.32 Å². The summed E-state index contributed by atoms with van der Waals surface area (Å²) in [4.78, 5) is 4.41. The van der Waals surface area contributed by atoms with Crippen molar-refractivity contribution < 1.29 is 0 Å². The topological polar surface area (TPSA) is 53.1 Å². The molecule has 3 rings (SSSR count). The molecular weight excluding hydrogens is 236 g/mol. The van der Waals surface area contributed by atoms with Gasteiger partial charge in [0.15, 0.2) is 0 Å². The van der Waals surface area contributed by atoms with Crippen molar-refractivity contribution in [2.24, 2.45) is 4.99 Å². The lowest BCUT2D eigenvalue weighted by Crippen LogP contribution is -2.20. The maximum absolute atomic E-state index is 6.23. The molecule has 0 saturated heterocycles. The second-order valence-corrected chi connectivity index (χ2v) is 4.64. The number of halogens is 1. The average molecular weight is 249 g/mol. The van der Waals surface area contributed by atoms with Crippen LogP contribution < -0.4 is 5.32 Å². The first-order valence-corrected chi connectivity index (χ1v) is 6.02. The maximum atomic E-state index is 6.23. The number of amidine groups is 1. The van der Waals surface area contributed by atoms with Crippen molar-refractivity contribution >= 4 is 28.3 Å². The van der Waals surface area contributed by atoms with Crippen LogP contribution >= 0.6 is 11.6 Å². The molecule has 2 aromatic rings. The first-order valence-electron chi connectivity index (χ1n) is 5.64. The van der Waals surface area contributed by atoms with E-state index in [4.69, 9.17) is 11.6 Å². The molecule has 0 bridgehead atoms. The zero-order valence-corrected chi connectivity index (χ0v) is 10.3. The minimum absolute atomic E-state index is 0.719. The molecule has 1 aromatic carbocycles. The Morgan fingerprint density at radius 2 is 2.35 bits per heavy atom. The molecule has 17 heavy (non-hydrogen) atoms. The normalized spacial score (nSPS) is 15.1. The molecule has 0 fully saturated rings. The van der Waals surface area contributed by atoms with Crippen LogP contribution in [0, 0.1) is 6.92 Å². The monoisotopic (exact) mass is 248 g/mol. The molecule has 1 aliphatic rings. The van der Waals surface area contributed by atoms with E-state index in [2.05, 4.69) is 27.4 Å². The molecule has 88 valence electrons. The molecule has 0 saturated carbocycles. The predicted octanol–water partition coefficient (Wildman–Crippen LogP) is 2.07. The van der Waals surface area contributed by atoms with Crippen molar-refractivity contribution in [1.29, 1.82) is 0 Å². The Bertz CT molecular complexity index is 600. The Hall–Kier alpha value is -1.55. The fourth-order valence-electron chi connectivity index (χ4n) is 2.19. The Morgan fingerprint density at radius 3 is 3.12 bits per heavy atom. The van der Waals surface area contributed by atoms with Gasteiger partial charge in [0.25, 0.3) is 0 Å². The van der Waals surface area contributed by atoms with Crippen molar-refractivity contribution in [1.82, 2.24) is 15.5 Å². The van der Waals surface area contributed by atoms with E-state index in [1.807, 2.05) is 12.3 Å². The number of fused-ring (bicyclic) bond motifs is 1. The van der Waals surface area contributed by atoms with Crippen molar-refractivity contribution in [2.75, 3.05) is 13.1 Å². The van der Waals surface area contributed by atoms with Gasteiger partial charge in [0.05, 0.1) is 23.3 Å². The largest absolute Gasteiger partial charge is 0.372 e. The number of hydrogen-bond acceptors (Lipinski definition) is 3. The van der Waals surface area contributed by atoms with Gasteiger partial charge in [-0.25, -0.2) is 0 Å². The number of aromatic nitrogens is 2. The summed E-state index contributed by atoms with van der Waals surface area (Å²) in [5, 5.41) is 12.0. The highest BCUT2D eigenvalue weighted by Gasteiger charge is 2.13. The van der Waals surface area contributed by atoms with Crippen molar-refractivity contribution in [3.05, 3.63) is 28.4 Å². The standard InChI is InChI=1S/C12H13ClN4/c1-7-8(5-11-14-2-3-15-11)4-10(13)12-9(7)6-16-17-12/h4,6H,2-3,5H2,1H3,(H,14,15)(H,16,17). The molecule has 1 aliphatic heterocycles. The van der Waals surface area contributed by atoms with Crippen LogP contribution in [0.2, 0.25) is 5.02 Å². The van der Waals surface area contributed by atoms with Crippen LogP contribution in [-0.4, -0.2) is 29.1 Å². The number of nitrogens with one attached hydrogen (secondary N) is 2. The first kappa shape index (κ1) is 10.6. The smallest absolute Gasteiger partial charge is 0.101 e. The van der Waals surface area contributed by atoms with E-state index in [0.717, 1.165) is 41.3 Å². The van der Waals surface area contributed by atoms with Crippen LogP contribution in [0.15, 0.2) is 17.3 Å². The third-order valence-electron chi connectivity index (χ3n) is 3.17. The second kappa shape index (κ2) is 4.04. The molecule has 0 amide bonds. The van der Waals surface area contributed by atoms with E-state index in [0.29, 0.717) is 0 Å². The molecule has 4 nitrogen and oxygen atoms in total. The van der Waals surface area contributed by atoms with E-state index in [1.165, 1.54) is 11.1 Å². The van der Waals surface area contributed by atoms with Crippen LogP contribution in [0.5, 0.6) is 0 Å². The van der Waals surface area contributed by atoms with Gasteiger partial charge in [0.2, 0.25) is 0 Å². The number of aryl methyl sites for hydroxylation is 1. The number of benzene rings is 1. The third kappa shape index (κ3) is 1.78. The number of aliphatic imine (C=N–C) groups is 1. The highest BCUT2D eigenvalue weighted by molar-refractivity contribution is 6.35. The van der Waals surface area contributed by atoms with Crippen LogP contribution in [-0.2, 0) is 6.42 Å². The summed E-state index contributed by atoms with van der Waals surface area (Å²) in [6.45, 7) is 3.91. The fourth-order valence-corrected chi connectivity index (χ4v) is 2.46. The third-order valence-corrected chi connectivity index (χ3v) is 3.46. The average Bonchev–Trinajstić information content (AvgIpc) is 2.96. The Morgan fingerprint density at radius 1 is 1.47 bits per heavy atom. The summed E-state index contributed by atoms with van der Waals surface area (Å²) < 4.78 is 0.